The van der Waals surface area contributed by atoms with Gasteiger partial charge in [-0.2, -0.15) is 0 Å². The third kappa shape index (κ3) is 8.69. The first-order valence-corrected chi connectivity index (χ1v) is 18.5. The second-order valence-corrected chi connectivity index (χ2v) is 14.9. The SMILES string of the molecule is CCOCCOC.COC1/C=C/CC(C)C(C)C(=O)NSc2ccc3c(c2)N(CC2CCC21)C[C@@]1(CCCc2cc(Cl)ccc21)CO3. The van der Waals surface area contributed by atoms with E-state index in [-0.39, 0.29) is 29.3 Å². The summed E-state index contributed by atoms with van der Waals surface area (Å²) in [4.78, 5) is 16.6. The summed E-state index contributed by atoms with van der Waals surface area (Å²) < 4.78 is 25.5. The van der Waals surface area contributed by atoms with Gasteiger partial charge in [0, 0.05) is 55.2 Å². The van der Waals surface area contributed by atoms with Crippen LogP contribution in [0.5, 0.6) is 5.75 Å². The standard InChI is InChI=1S/C33H41ClN2O3S.C5H12O2/c1-21-6-4-8-30(38-3)27-12-9-24(27)18-36-19-33(15-5-7-23-16-25(34)10-13-28(23)33)20-39-31-14-11-26(17-29(31)36)40-35-32(37)22(21)2;1-3-7-5-4-6-2/h4,8,10-11,13-14,16-17,21-22,24,27,30H,5-7,9,12,15,18-20H2,1-3H3,(H,35,37);3-5H2,1-2H3/b8-4+;/t21?,22?,24?,27?,30?,33-;/m0./s1. The molecular weight excluding hydrogens is 632 g/mol. The van der Waals surface area contributed by atoms with E-state index in [2.05, 4.69) is 59.0 Å². The van der Waals surface area contributed by atoms with Crippen LogP contribution in [0.2, 0.25) is 5.02 Å². The van der Waals surface area contributed by atoms with Crippen LogP contribution < -0.4 is 14.4 Å². The number of nitrogens with zero attached hydrogens (tertiary/aromatic N) is 1. The normalized spacial score (nSPS) is 29.5. The molecule has 2 bridgehead atoms. The number of anilines is 1. The minimum atomic E-state index is -0.0923. The van der Waals surface area contributed by atoms with Crippen LogP contribution in [0.3, 0.4) is 0 Å². The topological polar surface area (TPSA) is 69.3 Å². The van der Waals surface area contributed by atoms with E-state index in [0.717, 1.165) is 66.7 Å². The first-order chi connectivity index (χ1) is 22.8. The molecule has 6 rings (SSSR count). The maximum atomic E-state index is 13.0. The first-order valence-electron chi connectivity index (χ1n) is 17.3. The van der Waals surface area contributed by atoms with Gasteiger partial charge in [0.2, 0.25) is 5.91 Å². The average Bonchev–Trinajstić information content (AvgIpc) is 3.21. The quantitative estimate of drug-likeness (QED) is 0.195. The molecule has 2 heterocycles. The van der Waals surface area contributed by atoms with Crippen LogP contribution in [0.1, 0.15) is 64.0 Å². The van der Waals surface area contributed by atoms with Crippen LogP contribution in [0.15, 0.2) is 53.4 Å². The highest BCUT2D eigenvalue weighted by Gasteiger charge is 2.44. The molecule has 258 valence electrons. The van der Waals surface area contributed by atoms with Crippen molar-refractivity contribution in [2.75, 3.05) is 58.6 Å². The van der Waals surface area contributed by atoms with Crippen molar-refractivity contribution < 1.29 is 23.7 Å². The molecule has 0 radical (unpaired) electrons. The number of hydrogen-bond acceptors (Lipinski definition) is 7. The van der Waals surface area contributed by atoms with Gasteiger partial charge < -0.3 is 23.8 Å². The van der Waals surface area contributed by atoms with Crippen molar-refractivity contribution in [1.82, 2.24) is 4.72 Å². The van der Waals surface area contributed by atoms with Crippen LogP contribution in [0, 0.1) is 23.7 Å². The summed E-state index contributed by atoms with van der Waals surface area (Å²) in [6.07, 6.45) is 11.1. The molecule has 1 N–H and O–H groups in total. The lowest BCUT2D eigenvalue weighted by atomic mass is 9.68. The molecule has 2 aliphatic heterocycles. The Morgan fingerprint density at radius 2 is 1.98 bits per heavy atom. The third-order valence-corrected chi connectivity index (χ3v) is 11.7. The molecule has 47 heavy (non-hydrogen) atoms. The number of halogens is 1. The smallest absolute Gasteiger partial charge is 0.233 e. The number of ether oxygens (including phenoxy) is 4. The number of allylic oxidation sites excluding steroid dienone is 1. The molecule has 2 aromatic carbocycles. The lowest BCUT2D eigenvalue weighted by Gasteiger charge is -2.46. The summed E-state index contributed by atoms with van der Waals surface area (Å²) in [5, 5.41) is 0.807. The van der Waals surface area contributed by atoms with E-state index < -0.39 is 0 Å². The van der Waals surface area contributed by atoms with E-state index >= 15 is 0 Å². The highest BCUT2D eigenvalue weighted by atomic mass is 35.5. The van der Waals surface area contributed by atoms with Gasteiger partial charge in [-0.25, -0.2) is 0 Å². The summed E-state index contributed by atoms with van der Waals surface area (Å²) in [5.74, 6) is 2.20. The van der Waals surface area contributed by atoms with Crippen LogP contribution >= 0.6 is 23.5 Å². The van der Waals surface area contributed by atoms with Crippen LogP contribution in [0.4, 0.5) is 5.69 Å². The Morgan fingerprint density at radius 1 is 1.13 bits per heavy atom. The van der Waals surface area contributed by atoms with Gasteiger partial charge in [0.1, 0.15) is 5.75 Å². The number of aryl methyl sites for hydroxylation is 1. The molecule has 6 atom stereocenters. The average molecular weight is 685 g/mol. The summed E-state index contributed by atoms with van der Waals surface area (Å²) in [5.41, 5.74) is 3.78. The predicted octanol–water partition coefficient (Wildman–Crippen LogP) is 7.88. The van der Waals surface area contributed by atoms with E-state index in [1.807, 2.05) is 27.0 Å². The Balaban J connectivity index is 0.000000559. The van der Waals surface area contributed by atoms with Gasteiger partial charge in [0.25, 0.3) is 0 Å². The fourth-order valence-electron chi connectivity index (χ4n) is 7.47. The molecule has 1 saturated carbocycles. The minimum absolute atomic E-state index is 0.0693. The monoisotopic (exact) mass is 684 g/mol. The zero-order valence-electron chi connectivity index (χ0n) is 28.8. The van der Waals surface area contributed by atoms with Crippen molar-refractivity contribution in [2.24, 2.45) is 23.7 Å². The molecule has 2 aromatic rings. The van der Waals surface area contributed by atoms with Gasteiger partial charge in [0.05, 0.1) is 31.6 Å². The number of carbonyl (C=O) groups is 1. The third-order valence-electron chi connectivity index (χ3n) is 10.6. The first kappa shape index (κ1) is 36.1. The van der Waals surface area contributed by atoms with Crippen molar-refractivity contribution in [3.8, 4) is 5.75 Å². The Kier molecular flexibility index (Phi) is 13.0. The number of benzene rings is 2. The van der Waals surface area contributed by atoms with Crippen LogP contribution in [0.25, 0.3) is 0 Å². The molecule has 0 saturated heterocycles. The van der Waals surface area contributed by atoms with Crippen molar-refractivity contribution >= 4 is 35.1 Å². The van der Waals surface area contributed by atoms with Crippen molar-refractivity contribution in [1.29, 1.82) is 0 Å². The lowest BCUT2D eigenvalue weighted by molar-refractivity contribution is -0.123. The summed E-state index contributed by atoms with van der Waals surface area (Å²) in [6, 6.07) is 12.8. The number of methoxy groups -OCH3 is 2. The zero-order chi connectivity index (χ0) is 33.4. The number of rotatable bonds is 5. The predicted molar refractivity (Wildman–Crippen MR) is 192 cm³/mol. The molecule has 7 nitrogen and oxygen atoms in total. The fraction of sp³-hybridized carbons (Fsp3) is 0.605. The van der Waals surface area contributed by atoms with E-state index in [9.17, 15) is 4.79 Å². The van der Waals surface area contributed by atoms with Crippen molar-refractivity contribution in [2.45, 2.75) is 75.7 Å². The maximum Gasteiger partial charge on any atom is 0.233 e. The Bertz CT molecular complexity index is 1370. The largest absolute Gasteiger partial charge is 0.490 e. The zero-order valence-corrected chi connectivity index (χ0v) is 30.3. The molecule has 1 amide bonds. The Morgan fingerprint density at radius 3 is 2.72 bits per heavy atom. The molecule has 5 unspecified atom stereocenters. The molecule has 0 aromatic heterocycles. The lowest BCUT2D eigenvalue weighted by Crippen LogP contribution is -2.49. The van der Waals surface area contributed by atoms with E-state index in [0.29, 0.717) is 31.7 Å². The highest BCUT2D eigenvalue weighted by Crippen LogP contribution is 2.47. The second-order valence-electron chi connectivity index (χ2n) is 13.6. The van der Waals surface area contributed by atoms with Crippen molar-refractivity contribution in [3.05, 3.63) is 64.7 Å². The van der Waals surface area contributed by atoms with Gasteiger partial charge in [-0.3, -0.25) is 9.52 Å². The van der Waals surface area contributed by atoms with E-state index in [4.69, 9.17) is 30.5 Å². The Labute approximate surface area is 291 Å². The maximum absolute atomic E-state index is 13.0. The number of hydrogen-bond donors (Lipinski definition) is 1. The van der Waals surface area contributed by atoms with E-state index in [1.165, 1.54) is 35.9 Å². The Hall–Kier alpha value is -2.23. The summed E-state index contributed by atoms with van der Waals surface area (Å²) >= 11 is 7.84. The number of fused-ring (bicyclic) bond motifs is 4. The van der Waals surface area contributed by atoms with Crippen LogP contribution in [-0.4, -0.2) is 65.7 Å². The number of nitrogens with one attached hydrogen (secondary N) is 1. The molecule has 9 heteroatoms. The second kappa shape index (κ2) is 16.9. The van der Waals surface area contributed by atoms with Gasteiger partial charge in [-0.05, 0) is 117 Å². The fourth-order valence-corrected chi connectivity index (χ4v) is 8.37. The van der Waals surface area contributed by atoms with Gasteiger partial charge >= 0.3 is 0 Å². The number of amides is 1. The molecule has 2 aliphatic carbocycles. The van der Waals surface area contributed by atoms with E-state index in [1.54, 1.807) is 7.11 Å². The summed E-state index contributed by atoms with van der Waals surface area (Å²) in [7, 11) is 3.50. The van der Waals surface area contributed by atoms with Crippen LogP contribution in [-0.2, 0) is 30.8 Å². The molecule has 1 spiro atoms. The highest BCUT2D eigenvalue weighted by molar-refractivity contribution is 7.98. The minimum Gasteiger partial charge on any atom is -0.490 e. The molecular formula is C38H53ClN2O5S. The molecule has 4 aliphatic rings. The molecule has 1 fully saturated rings. The van der Waals surface area contributed by atoms with Gasteiger partial charge in [0.15, 0.2) is 0 Å². The van der Waals surface area contributed by atoms with Crippen molar-refractivity contribution in [3.63, 3.8) is 0 Å². The van der Waals surface area contributed by atoms with Gasteiger partial charge in [-0.1, -0.05) is 43.7 Å². The number of carbonyl (C=O) groups excluding carboxylic acids is 1. The summed E-state index contributed by atoms with van der Waals surface area (Å²) in [6.45, 7) is 10.9. The van der Waals surface area contributed by atoms with Gasteiger partial charge in [-0.15, -0.1) is 0 Å².